The molecule has 1 heterocycles. The number of nitrogens with zero attached hydrogens (tertiary/aromatic N) is 1. The zero-order chi connectivity index (χ0) is 15.2. The fourth-order valence-corrected chi connectivity index (χ4v) is 2.90. The molecule has 1 aromatic rings. The quantitative estimate of drug-likeness (QED) is 0.832. The number of para-hydroxylation sites is 1. The molecule has 3 nitrogen and oxygen atoms in total. The van der Waals surface area contributed by atoms with Crippen molar-refractivity contribution in [2.75, 3.05) is 26.7 Å². The highest BCUT2D eigenvalue weighted by molar-refractivity contribution is 5.38. The lowest BCUT2D eigenvalue weighted by atomic mass is 9.94. The molecule has 0 saturated heterocycles. The molecule has 0 fully saturated rings. The Morgan fingerprint density at radius 3 is 2.81 bits per heavy atom. The monoisotopic (exact) mass is 290 g/mol. The van der Waals surface area contributed by atoms with Crippen LogP contribution in [0, 0.1) is 5.92 Å². The number of ether oxygens (including phenoxy) is 1. The van der Waals surface area contributed by atoms with E-state index < -0.39 is 0 Å². The topological polar surface area (TPSA) is 24.5 Å². The fraction of sp³-hybridized carbons (Fsp3) is 0.667. The minimum Gasteiger partial charge on any atom is -0.492 e. The molecule has 0 aromatic heterocycles. The molecule has 1 aliphatic rings. The second-order valence-corrected chi connectivity index (χ2v) is 6.51. The lowest BCUT2D eigenvalue weighted by Gasteiger charge is -2.39. The predicted octanol–water partition coefficient (Wildman–Crippen LogP) is 3.47. The van der Waals surface area contributed by atoms with Gasteiger partial charge in [0.15, 0.2) is 0 Å². The first-order valence-electron chi connectivity index (χ1n) is 8.28. The van der Waals surface area contributed by atoms with Crippen LogP contribution in [0.15, 0.2) is 24.3 Å². The molecule has 0 saturated carbocycles. The third kappa shape index (κ3) is 4.21. The molecular formula is C18H30N2O. The van der Waals surface area contributed by atoms with Crippen LogP contribution in [-0.4, -0.2) is 37.7 Å². The van der Waals surface area contributed by atoms with E-state index in [1.165, 1.54) is 12.0 Å². The van der Waals surface area contributed by atoms with Gasteiger partial charge in [0.1, 0.15) is 12.4 Å². The molecule has 0 spiro atoms. The average molecular weight is 290 g/mol. The van der Waals surface area contributed by atoms with E-state index in [0.717, 1.165) is 37.8 Å². The number of hydrogen-bond donors (Lipinski definition) is 1. The van der Waals surface area contributed by atoms with Crippen LogP contribution in [0.3, 0.4) is 0 Å². The molecule has 2 rings (SSSR count). The highest BCUT2D eigenvalue weighted by Gasteiger charge is 2.32. The van der Waals surface area contributed by atoms with Crippen molar-refractivity contribution >= 4 is 0 Å². The zero-order valence-corrected chi connectivity index (χ0v) is 13.9. The van der Waals surface area contributed by atoms with E-state index in [0.29, 0.717) is 12.1 Å². The summed E-state index contributed by atoms with van der Waals surface area (Å²) in [5.41, 5.74) is 1.30. The molecule has 1 aliphatic heterocycles. The van der Waals surface area contributed by atoms with Gasteiger partial charge in [-0.05, 0) is 45.0 Å². The summed E-state index contributed by atoms with van der Waals surface area (Å²) in [6, 6.07) is 9.22. The van der Waals surface area contributed by atoms with Gasteiger partial charge in [0.25, 0.3) is 0 Å². The van der Waals surface area contributed by atoms with E-state index in [9.17, 15) is 0 Å². The van der Waals surface area contributed by atoms with E-state index in [1.807, 2.05) is 0 Å². The number of benzene rings is 1. The second kappa shape index (κ2) is 7.81. The molecule has 21 heavy (non-hydrogen) atoms. The Hall–Kier alpha value is -1.06. The Morgan fingerprint density at radius 2 is 2.10 bits per heavy atom. The molecule has 1 aromatic carbocycles. The van der Waals surface area contributed by atoms with Crippen LogP contribution in [0.1, 0.15) is 45.2 Å². The van der Waals surface area contributed by atoms with Crippen LogP contribution in [0.5, 0.6) is 5.75 Å². The van der Waals surface area contributed by atoms with Gasteiger partial charge in [-0.3, -0.25) is 4.90 Å². The molecule has 118 valence electrons. The molecule has 0 amide bonds. The van der Waals surface area contributed by atoms with E-state index in [2.05, 4.69) is 62.3 Å². The summed E-state index contributed by atoms with van der Waals surface area (Å²) < 4.78 is 5.99. The van der Waals surface area contributed by atoms with Crippen LogP contribution in [0.25, 0.3) is 0 Å². The standard InChI is InChI=1S/C18H30N2O/c1-5-11-19-18-15-8-6-7-9-17(15)21-13-16(18)20(4)12-10-14(2)3/h6-9,14,16,18-19H,5,10-13H2,1-4H3. The van der Waals surface area contributed by atoms with E-state index in [1.54, 1.807) is 0 Å². The van der Waals surface area contributed by atoms with Gasteiger partial charge in [-0.1, -0.05) is 39.0 Å². The predicted molar refractivity (Wildman–Crippen MR) is 88.8 cm³/mol. The van der Waals surface area contributed by atoms with E-state index in [-0.39, 0.29) is 0 Å². The molecule has 0 radical (unpaired) electrons. The largest absolute Gasteiger partial charge is 0.492 e. The van der Waals surface area contributed by atoms with Crippen molar-refractivity contribution in [1.29, 1.82) is 0 Å². The molecule has 3 heteroatoms. The van der Waals surface area contributed by atoms with Gasteiger partial charge in [0.05, 0.1) is 12.1 Å². The molecule has 2 atom stereocenters. The van der Waals surface area contributed by atoms with Crippen LogP contribution in [-0.2, 0) is 0 Å². The number of likely N-dealkylation sites (N-methyl/N-ethyl adjacent to an activating group) is 1. The Kier molecular flexibility index (Phi) is 6.07. The van der Waals surface area contributed by atoms with Gasteiger partial charge < -0.3 is 10.1 Å². The maximum atomic E-state index is 5.99. The highest BCUT2D eigenvalue weighted by Crippen LogP contribution is 2.33. The smallest absolute Gasteiger partial charge is 0.124 e. The maximum Gasteiger partial charge on any atom is 0.124 e. The Morgan fingerprint density at radius 1 is 1.33 bits per heavy atom. The van der Waals surface area contributed by atoms with Crippen molar-refractivity contribution in [2.45, 2.75) is 45.7 Å². The van der Waals surface area contributed by atoms with E-state index in [4.69, 9.17) is 4.74 Å². The minimum absolute atomic E-state index is 0.368. The molecule has 0 aliphatic carbocycles. The number of hydrogen-bond acceptors (Lipinski definition) is 3. The SMILES string of the molecule is CCCNC1c2ccccc2OCC1N(C)CCC(C)C. The van der Waals surface area contributed by atoms with Crippen molar-refractivity contribution in [1.82, 2.24) is 10.2 Å². The lowest BCUT2D eigenvalue weighted by molar-refractivity contribution is 0.102. The van der Waals surface area contributed by atoms with E-state index >= 15 is 0 Å². The van der Waals surface area contributed by atoms with Crippen molar-refractivity contribution in [3.8, 4) is 5.75 Å². The Bertz CT molecular complexity index is 433. The van der Waals surface area contributed by atoms with Gasteiger partial charge >= 0.3 is 0 Å². The van der Waals surface area contributed by atoms with Crippen LogP contribution >= 0.6 is 0 Å². The number of fused-ring (bicyclic) bond motifs is 1. The summed E-state index contributed by atoms with van der Waals surface area (Å²) in [5.74, 6) is 1.78. The molecular weight excluding hydrogens is 260 g/mol. The summed E-state index contributed by atoms with van der Waals surface area (Å²) in [5, 5.41) is 3.72. The maximum absolute atomic E-state index is 5.99. The first-order chi connectivity index (χ1) is 10.1. The molecule has 0 bridgehead atoms. The van der Waals surface area contributed by atoms with Crippen LogP contribution in [0.4, 0.5) is 0 Å². The van der Waals surface area contributed by atoms with Crippen molar-refractivity contribution in [3.05, 3.63) is 29.8 Å². The fourth-order valence-electron chi connectivity index (χ4n) is 2.90. The third-order valence-corrected chi connectivity index (χ3v) is 4.29. The molecule has 1 N–H and O–H groups in total. The van der Waals surface area contributed by atoms with Gasteiger partial charge in [-0.2, -0.15) is 0 Å². The van der Waals surface area contributed by atoms with Gasteiger partial charge in [-0.25, -0.2) is 0 Å². The second-order valence-electron chi connectivity index (χ2n) is 6.51. The summed E-state index contributed by atoms with van der Waals surface area (Å²) in [4.78, 5) is 2.46. The minimum atomic E-state index is 0.368. The molecule has 2 unspecified atom stereocenters. The van der Waals surface area contributed by atoms with Gasteiger partial charge in [0, 0.05) is 5.56 Å². The van der Waals surface area contributed by atoms with Crippen molar-refractivity contribution < 1.29 is 4.74 Å². The lowest BCUT2D eigenvalue weighted by Crippen LogP contribution is -2.49. The number of nitrogens with one attached hydrogen (secondary N) is 1. The van der Waals surface area contributed by atoms with Crippen LogP contribution < -0.4 is 10.1 Å². The van der Waals surface area contributed by atoms with Crippen molar-refractivity contribution in [3.63, 3.8) is 0 Å². The first kappa shape index (κ1) is 16.3. The van der Waals surface area contributed by atoms with Crippen molar-refractivity contribution in [2.24, 2.45) is 5.92 Å². The Labute approximate surface area is 129 Å². The normalized spacial score (nSPS) is 21.4. The summed E-state index contributed by atoms with van der Waals surface area (Å²) in [6.45, 7) is 9.73. The third-order valence-electron chi connectivity index (χ3n) is 4.29. The first-order valence-corrected chi connectivity index (χ1v) is 8.28. The Balaban J connectivity index is 2.12. The summed E-state index contributed by atoms with van der Waals surface area (Å²) in [6.07, 6.45) is 2.39. The summed E-state index contributed by atoms with van der Waals surface area (Å²) >= 11 is 0. The van der Waals surface area contributed by atoms with Gasteiger partial charge in [-0.15, -0.1) is 0 Å². The summed E-state index contributed by atoms with van der Waals surface area (Å²) in [7, 11) is 2.23. The van der Waals surface area contributed by atoms with Crippen LogP contribution in [0.2, 0.25) is 0 Å². The number of rotatable bonds is 7. The average Bonchev–Trinajstić information content (AvgIpc) is 2.50. The highest BCUT2D eigenvalue weighted by atomic mass is 16.5. The van der Waals surface area contributed by atoms with Gasteiger partial charge in [0.2, 0.25) is 0 Å². The zero-order valence-electron chi connectivity index (χ0n) is 13.9.